The molecule has 2 N–H and O–H groups in total. The van der Waals surface area contributed by atoms with Gasteiger partial charge in [-0.1, -0.05) is 13.0 Å². The van der Waals surface area contributed by atoms with Crippen molar-refractivity contribution in [2.24, 2.45) is 4.99 Å². The maximum atomic E-state index is 13.3. The van der Waals surface area contributed by atoms with Gasteiger partial charge in [0.25, 0.3) is 0 Å². The molecule has 1 aromatic carbocycles. The molecule has 1 heterocycles. The third kappa shape index (κ3) is 7.86. The van der Waals surface area contributed by atoms with Crippen molar-refractivity contribution >= 4 is 41.3 Å². The van der Waals surface area contributed by atoms with Crippen molar-refractivity contribution in [1.82, 2.24) is 15.6 Å². The molecule has 0 bridgehead atoms. The van der Waals surface area contributed by atoms with E-state index in [-0.39, 0.29) is 35.9 Å². The van der Waals surface area contributed by atoms with Gasteiger partial charge in [-0.2, -0.15) is 0 Å². The van der Waals surface area contributed by atoms with E-state index in [1.165, 1.54) is 17.0 Å². The molecule has 0 amide bonds. The molecular weight excluding hydrogens is 466 g/mol. The van der Waals surface area contributed by atoms with E-state index in [4.69, 9.17) is 4.74 Å². The van der Waals surface area contributed by atoms with Crippen LogP contribution in [-0.4, -0.2) is 30.1 Å². The third-order valence-electron chi connectivity index (χ3n) is 3.44. The number of hydrogen-bond donors (Lipinski definition) is 2. The quantitative estimate of drug-likeness (QED) is 0.331. The molecule has 5 nitrogen and oxygen atoms in total. The number of guanidine groups is 1. The van der Waals surface area contributed by atoms with Crippen LogP contribution in [0.4, 0.5) is 4.39 Å². The van der Waals surface area contributed by atoms with Crippen molar-refractivity contribution in [3.63, 3.8) is 0 Å². The molecule has 26 heavy (non-hydrogen) atoms. The lowest BCUT2D eigenvalue weighted by molar-refractivity contribution is 0.198. The van der Waals surface area contributed by atoms with E-state index in [1.54, 1.807) is 23.5 Å². The van der Waals surface area contributed by atoms with Crippen LogP contribution in [0.3, 0.4) is 0 Å². The SMILES string of the molecule is CCNC(=NCc1ncc(C)s1)NCC(CC)Oc1cccc(F)c1.I. The smallest absolute Gasteiger partial charge is 0.191 e. The molecule has 0 aliphatic carbocycles. The summed E-state index contributed by atoms with van der Waals surface area (Å²) in [6.45, 7) is 7.97. The van der Waals surface area contributed by atoms with Crippen LogP contribution in [0.5, 0.6) is 5.75 Å². The van der Waals surface area contributed by atoms with E-state index in [2.05, 4.69) is 20.6 Å². The summed E-state index contributed by atoms with van der Waals surface area (Å²) in [5, 5.41) is 7.48. The van der Waals surface area contributed by atoms with Gasteiger partial charge >= 0.3 is 0 Å². The second kappa shape index (κ2) is 12.1. The number of halogens is 2. The Labute approximate surface area is 175 Å². The number of nitrogens with zero attached hydrogens (tertiary/aromatic N) is 2. The van der Waals surface area contributed by atoms with Crippen molar-refractivity contribution in [1.29, 1.82) is 0 Å². The lowest BCUT2D eigenvalue weighted by Crippen LogP contribution is -2.42. The van der Waals surface area contributed by atoms with Crippen LogP contribution in [-0.2, 0) is 6.54 Å². The van der Waals surface area contributed by atoms with Crippen LogP contribution in [0, 0.1) is 12.7 Å². The molecule has 1 unspecified atom stereocenters. The zero-order valence-electron chi connectivity index (χ0n) is 15.3. The fraction of sp³-hybridized carbons (Fsp3) is 0.444. The molecule has 0 spiro atoms. The summed E-state index contributed by atoms with van der Waals surface area (Å²) >= 11 is 1.65. The predicted octanol–water partition coefficient (Wildman–Crippen LogP) is 4.12. The largest absolute Gasteiger partial charge is 0.489 e. The maximum Gasteiger partial charge on any atom is 0.191 e. The number of hydrogen-bond acceptors (Lipinski definition) is 4. The number of aliphatic imine (C=N–C) groups is 1. The van der Waals surface area contributed by atoms with Gasteiger partial charge in [-0.15, -0.1) is 35.3 Å². The molecule has 2 aromatic rings. The molecule has 144 valence electrons. The number of nitrogens with one attached hydrogen (secondary N) is 2. The van der Waals surface area contributed by atoms with Gasteiger partial charge in [0.1, 0.15) is 22.7 Å². The minimum absolute atomic E-state index is 0. The van der Waals surface area contributed by atoms with Crippen LogP contribution in [0.25, 0.3) is 0 Å². The first-order chi connectivity index (χ1) is 12.1. The minimum atomic E-state index is -0.297. The second-order valence-corrected chi connectivity index (χ2v) is 6.87. The van der Waals surface area contributed by atoms with E-state index in [1.807, 2.05) is 27.0 Å². The molecule has 0 radical (unpaired) electrons. The minimum Gasteiger partial charge on any atom is -0.489 e. The first kappa shape index (κ1) is 22.6. The Kier molecular flexibility index (Phi) is 10.5. The molecule has 8 heteroatoms. The molecule has 0 aliphatic rings. The zero-order valence-corrected chi connectivity index (χ0v) is 18.4. The standard InChI is InChI=1S/C18H25FN4OS.HI/c1-4-15(24-16-8-6-7-14(19)9-16)11-22-18(20-5-2)23-12-17-21-10-13(3)25-17;/h6-10,15H,4-5,11-12H2,1-3H3,(H2,20,22,23);1H. The number of benzene rings is 1. The first-order valence-corrected chi connectivity index (χ1v) is 9.28. The van der Waals surface area contributed by atoms with Gasteiger partial charge in [0.2, 0.25) is 0 Å². The molecule has 1 aromatic heterocycles. The monoisotopic (exact) mass is 492 g/mol. The van der Waals surface area contributed by atoms with E-state index in [9.17, 15) is 4.39 Å². The highest BCUT2D eigenvalue weighted by atomic mass is 127. The van der Waals surface area contributed by atoms with Crippen LogP contribution < -0.4 is 15.4 Å². The average Bonchev–Trinajstić information content (AvgIpc) is 3.01. The molecular formula is C18H26FIN4OS. The summed E-state index contributed by atoms with van der Waals surface area (Å²) in [6, 6.07) is 6.21. The van der Waals surface area contributed by atoms with Gasteiger partial charge in [0.15, 0.2) is 5.96 Å². The lowest BCUT2D eigenvalue weighted by Gasteiger charge is -2.20. The summed E-state index contributed by atoms with van der Waals surface area (Å²) < 4.78 is 19.1. The van der Waals surface area contributed by atoms with Crippen molar-refractivity contribution in [2.45, 2.75) is 39.8 Å². The fourth-order valence-corrected chi connectivity index (χ4v) is 2.89. The Balaban J connectivity index is 0.00000338. The topological polar surface area (TPSA) is 58.5 Å². The molecule has 0 saturated heterocycles. The summed E-state index contributed by atoms with van der Waals surface area (Å²) in [6.07, 6.45) is 2.58. The highest BCUT2D eigenvalue weighted by Gasteiger charge is 2.10. The Morgan fingerprint density at radius 2 is 2.15 bits per heavy atom. The van der Waals surface area contributed by atoms with Gasteiger partial charge in [-0.3, -0.25) is 0 Å². The highest BCUT2D eigenvalue weighted by Crippen LogP contribution is 2.15. The van der Waals surface area contributed by atoms with E-state index < -0.39 is 0 Å². The Hall–Kier alpha value is -1.42. The lowest BCUT2D eigenvalue weighted by atomic mass is 10.2. The Morgan fingerprint density at radius 3 is 2.77 bits per heavy atom. The van der Waals surface area contributed by atoms with Crippen molar-refractivity contribution in [2.75, 3.05) is 13.1 Å². The summed E-state index contributed by atoms with van der Waals surface area (Å²) in [5.74, 6) is 0.958. The molecule has 0 saturated carbocycles. The molecule has 1 atom stereocenters. The maximum absolute atomic E-state index is 13.3. The van der Waals surface area contributed by atoms with E-state index in [0.717, 1.165) is 23.9 Å². The zero-order chi connectivity index (χ0) is 18.1. The van der Waals surface area contributed by atoms with Gasteiger partial charge in [-0.25, -0.2) is 14.4 Å². The van der Waals surface area contributed by atoms with Gasteiger partial charge < -0.3 is 15.4 Å². The molecule has 0 aliphatic heterocycles. The fourth-order valence-electron chi connectivity index (χ4n) is 2.18. The number of aromatic nitrogens is 1. The number of thiazole rings is 1. The third-order valence-corrected chi connectivity index (χ3v) is 4.33. The number of ether oxygens (including phenoxy) is 1. The van der Waals surface area contributed by atoms with Gasteiger partial charge in [-0.05, 0) is 32.4 Å². The average molecular weight is 492 g/mol. The van der Waals surface area contributed by atoms with Crippen molar-refractivity contribution < 1.29 is 9.13 Å². The van der Waals surface area contributed by atoms with Crippen LogP contribution in [0.2, 0.25) is 0 Å². The highest BCUT2D eigenvalue weighted by molar-refractivity contribution is 14.0. The van der Waals surface area contributed by atoms with Gasteiger partial charge in [0, 0.05) is 23.7 Å². The van der Waals surface area contributed by atoms with Crippen LogP contribution in [0.15, 0.2) is 35.5 Å². The molecule has 0 fully saturated rings. The number of aryl methyl sites for hydroxylation is 1. The van der Waals surface area contributed by atoms with E-state index in [0.29, 0.717) is 18.8 Å². The second-order valence-electron chi connectivity index (χ2n) is 5.55. The number of rotatable bonds is 8. The summed E-state index contributed by atoms with van der Waals surface area (Å²) in [7, 11) is 0. The van der Waals surface area contributed by atoms with Crippen molar-refractivity contribution in [3.8, 4) is 5.75 Å². The van der Waals surface area contributed by atoms with Crippen LogP contribution >= 0.6 is 35.3 Å². The summed E-state index contributed by atoms with van der Waals surface area (Å²) in [5.41, 5.74) is 0. The predicted molar refractivity (Wildman–Crippen MR) is 116 cm³/mol. The molecule has 2 rings (SSSR count). The van der Waals surface area contributed by atoms with E-state index >= 15 is 0 Å². The first-order valence-electron chi connectivity index (χ1n) is 8.46. The Morgan fingerprint density at radius 1 is 1.35 bits per heavy atom. The van der Waals surface area contributed by atoms with Crippen LogP contribution in [0.1, 0.15) is 30.2 Å². The normalized spacial score (nSPS) is 12.2. The van der Waals surface area contributed by atoms with Crippen molar-refractivity contribution in [3.05, 3.63) is 46.2 Å². The summed E-state index contributed by atoms with van der Waals surface area (Å²) in [4.78, 5) is 10.0. The Bertz CT molecular complexity index is 695. The van der Waals surface area contributed by atoms with Gasteiger partial charge in [0.05, 0.1) is 13.1 Å².